The van der Waals surface area contributed by atoms with Crippen LogP contribution >= 0.6 is 11.3 Å². The second-order valence-corrected chi connectivity index (χ2v) is 6.76. The van der Waals surface area contributed by atoms with Gasteiger partial charge in [0.25, 0.3) is 0 Å². The van der Waals surface area contributed by atoms with Crippen LogP contribution in [-0.4, -0.2) is 24.1 Å². The lowest BCUT2D eigenvalue weighted by atomic mass is 9.80. The lowest BCUT2D eigenvalue weighted by molar-refractivity contribution is 0.0594. The number of aromatic nitrogens is 1. The zero-order chi connectivity index (χ0) is 14.0. The maximum atomic E-state index is 11.5. The highest BCUT2D eigenvalue weighted by Crippen LogP contribution is 2.32. The molecule has 106 valence electrons. The number of carbonyl (C=O) groups excluding carboxylic acids is 1. The number of anilines is 1. The number of nitrogens with one attached hydrogen (secondary N) is 1. The van der Waals surface area contributed by atoms with Gasteiger partial charge in [-0.15, -0.1) is 11.3 Å². The number of rotatable bonds is 3. The van der Waals surface area contributed by atoms with Crippen molar-refractivity contribution in [1.82, 2.24) is 4.98 Å². The first-order chi connectivity index (χ1) is 9.01. The molecule has 1 aliphatic carbocycles. The fourth-order valence-corrected chi connectivity index (χ4v) is 3.65. The third kappa shape index (κ3) is 3.26. The van der Waals surface area contributed by atoms with Gasteiger partial charge in [-0.2, -0.15) is 0 Å². The van der Waals surface area contributed by atoms with E-state index in [1.165, 1.54) is 37.7 Å². The Labute approximate surface area is 118 Å². The van der Waals surface area contributed by atoms with Crippen LogP contribution in [0.4, 0.5) is 5.13 Å². The first-order valence-electron chi connectivity index (χ1n) is 6.83. The summed E-state index contributed by atoms with van der Waals surface area (Å²) < 4.78 is 4.73. The largest absolute Gasteiger partial charge is 0.464 e. The van der Waals surface area contributed by atoms with Gasteiger partial charge >= 0.3 is 5.97 Å². The van der Waals surface area contributed by atoms with Gasteiger partial charge in [0.2, 0.25) is 0 Å². The molecule has 0 saturated heterocycles. The van der Waals surface area contributed by atoms with E-state index < -0.39 is 0 Å². The summed E-state index contributed by atoms with van der Waals surface area (Å²) in [7, 11) is 1.39. The van der Waals surface area contributed by atoms with Crippen molar-refractivity contribution in [3.05, 3.63) is 10.6 Å². The standard InChI is InChI=1S/C14H22N2O2S/c1-8-5-6-11(9(2)7-8)15-14-16-12(10(3)19-14)13(17)18-4/h8-9,11H,5-7H2,1-4H3,(H,15,16). The number of methoxy groups -OCH3 is 1. The molecule has 1 saturated carbocycles. The highest BCUT2D eigenvalue weighted by atomic mass is 32.1. The van der Waals surface area contributed by atoms with Crippen molar-refractivity contribution in [3.8, 4) is 0 Å². The molecule has 1 heterocycles. The predicted molar refractivity (Wildman–Crippen MR) is 77.8 cm³/mol. The number of carbonyl (C=O) groups is 1. The first kappa shape index (κ1) is 14.3. The molecule has 19 heavy (non-hydrogen) atoms. The fourth-order valence-electron chi connectivity index (χ4n) is 2.78. The lowest BCUT2D eigenvalue weighted by Crippen LogP contribution is -2.32. The van der Waals surface area contributed by atoms with E-state index in [1.807, 2.05) is 6.92 Å². The number of ether oxygens (including phenoxy) is 1. The summed E-state index contributed by atoms with van der Waals surface area (Å²) >= 11 is 1.53. The maximum Gasteiger partial charge on any atom is 0.357 e. The molecule has 1 aromatic rings. The van der Waals surface area contributed by atoms with Gasteiger partial charge in [-0.25, -0.2) is 9.78 Å². The number of nitrogens with zero attached hydrogens (tertiary/aromatic N) is 1. The Morgan fingerprint density at radius 1 is 1.42 bits per heavy atom. The summed E-state index contributed by atoms with van der Waals surface area (Å²) in [5.41, 5.74) is 0.437. The Hall–Kier alpha value is -1.10. The third-order valence-electron chi connectivity index (χ3n) is 3.92. The molecule has 5 heteroatoms. The van der Waals surface area contributed by atoms with E-state index in [9.17, 15) is 4.79 Å². The van der Waals surface area contributed by atoms with Crippen LogP contribution in [0.15, 0.2) is 0 Å². The van der Waals surface area contributed by atoms with Crippen LogP contribution < -0.4 is 5.32 Å². The summed E-state index contributed by atoms with van der Waals surface area (Å²) in [5, 5.41) is 4.33. The molecular formula is C14H22N2O2S. The molecule has 1 aliphatic rings. The molecule has 1 fully saturated rings. The minimum atomic E-state index is -0.355. The van der Waals surface area contributed by atoms with Crippen LogP contribution in [0, 0.1) is 18.8 Å². The SMILES string of the molecule is COC(=O)c1nc(NC2CCC(C)CC2C)sc1C. The third-order valence-corrected chi connectivity index (χ3v) is 4.82. The smallest absolute Gasteiger partial charge is 0.357 e. The number of esters is 1. The Morgan fingerprint density at radius 3 is 2.79 bits per heavy atom. The van der Waals surface area contributed by atoms with E-state index in [1.54, 1.807) is 0 Å². The van der Waals surface area contributed by atoms with E-state index in [0.717, 1.165) is 15.9 Å². The van der Waals surface area contributed by atoms with Gasteiger partial charge in [0.15, 0.2) is 10.8 Å². The second kappa shape index (κ2) is 5.90. The lowest BCUT2D eigenvalue weighted by Gasteiger charge is -2.33. The summed E-state index contributed by atoms with van der Waals surface area (Å²) in [6, 6.07) is 0.465. The molecule has 0 amide bonds. The molecule has 0 aliphatic heterocycles. The van der Waals surface area contributed by atoms with Crippen LogP contribution in [0.5, 0.6) is 0 Å². The van der Waals surface area contributed by atoms with E-state index in [4.69, 9.17) is 4.74 Å². The molecule has 3 unspecified atom stereocenters. The Bertz CT molecular complexity index is 458. The molecule has 2 rings (SSSR count). The number of hydrogen-bond acceptors (Lipinski definition) is 5. The summed E-state index contributed by atoms with van der Waals surface area (Å²) in [6.45, 7) is 6.51. The van der Waals surface area contributed by atoms with Crippen molar-refractivity contribution in [2.45, 2.75) is 46.1 Å². The van der Waals surface area contributed by atoms with Crippen molar-refractivity contribution in [2.24, 2.45) is 11.8 Å². The second-order valence-electron chi connectivity index (χ2n) is 5.56. The number of thiazole rings is 1. The van der Waals surface area contributed by atoms with Gasteiger partial charge in [-0.3, -0.25) is 0 Å². The van der Waals surface area contributed by atoms with Gasteiger partial charge < -0.3 is 10.1 Å². The first-order valence-corrected chi connectivity index (χ1v) is 7.65. The molecule has 4 nitrogen and oxygen atoms in total. The summed E-state index contributed by atoms with van der Waals surface area (Å²) in [4.78, 5) is 16.8. The molecule has 0 spiro atoms. The van der Waals surface area contributed by atoms with Crippen molar-refractivity contribution in [2.75, 3.05) is 12.4 Å². The minimum absolute atomic E-state index is 0.355. The normalized spacial score (nSPS) is 27.1. The van der Waals surface area contributed by atoms with Crippen LogP contribution in [0.3, 0.4) is 0 Å². The van der Waals surface area contributed by atoms with Crippen LogP contribution in [0.2, 0.25) is 0 Å². The Morgan fingerprint density at radius 2 is 2.16 bits per heavy atom. The van der Waals surface area contributed by atoms with Gasteiger partial charge in [0.1, 0.15) is 0 Å². The van der Waals surface area contributed by atoms with Gasteiger partial charge in [-0.1, -0.05) is 13.8 Å². The zero-order valence-corrected chi connectivity index (χ0v) is 12.8. The van der Waals surface area contributed by atoms with E-state index >= 15 is 0 Å². The topological polar surface area (TPSA) is 51.2 Å². The molecule has 0 bridgehead atoms. The molecule has 1 aromatic heterocycles. The van der Waals surface area contributed by atoms with Gasteiger partial charge in [0.05, 0.1) is 7.11 Å². The Kier molecular flexibility index (Phi) is 4.45. The average molecular weight is 282 g/mol. The van der Waals surface area contributed by atoms with Gasteiger partial charge in [0, 0.05) is 10.9 Å². The van der Waals surface area contributed by atoms with Crippen molar-refractivity contribution >= 4 is 22.4 Å². The van der Waals surface area contributed by atoms with E-state index in [0.29, 0.717) is 17.7 Å². The highest BCUT2D eigenvalue weighted by Gasteiger charge is 2.26. The minimum Gasteiger partial charge on any atom is -0.464 e. The molecule has 1 N–H and O–H groups in total. The van der Waals surface area contributed by atoms with Crippen LogP contribution in [0.25, 0.3) is 0 Å². The quantitative estimate of drug-likeness (QED) is 0.862. The highest BCUT2D eigenvalue weighted by molar-refractivity contribution is 7.15. The Balaban J connectivity index is 2.05. The molecule has 3 atom stereocenters. The van der Waals surface area contributed by atoms with Crippen molar-refractivity contribution in [3.63, 3.8) is 0 Å². The van der Waals surface area contributed by atoms with E-state index in [2.05, 4.69) is 24.1 Å². The maximum absolute atomic E-state index is 11.5. The van der Waals surface area contributed by atoms with E-state index in [-0.39, 0.29) is 5.97 Å². The fraction of sp³-hybridized carbons (Fsp3) is 0.714. The molecule has 0 aromatic carbocycles. The van der Waals surface area contributed by atoms with Crippen molar-refractivity contribution in [1.29, 1.82) is 0 Å². The summed E-state index contributed by atoms with van der Waals surface area (Å²) in [6.07, 6.45) is 3.69. The average Bonchev–Trinajstić information content (AvgIpc) is 2.73. The van der Waals surface area contributed by atoms with Crippen molar-refractivity contribution < 1.29 is 9.53 Å². The molecule has 0 radical (unpaired) electrons. The van der Waals surface area contributed by atoms with Gasteiger partial charge in [-0.05, 0) is 38.0 Å². The summed E-state index contributed by atoms with van der Waals surface area (Å²) in [5.74, 6) is 1.11. The van der Waals surface area contributed by atoms with Crippen LogP contribution in [0.1, 0.15) is 48.5 Å². The zero-order valence-electron chi connectivity index (χ0n) is 12.0. The monoisotopic (exact) mass is 282 g/mol. The van der Waals surface area contributed by atoms with Crippen LogP contribution in [-0.2, 0) is 4.74 Å². The number of hydrogen-bond donors (Lipinski definition) is 1. The predicted octanol–water partition coefficient (Wildman–Crippen LogP) is 3.47. The number of aryl methyl sites for hydroxylation is 1. The molecular weight excluding hydrogens is 260 g/mol.